The Balaban J connectivity index is 1.71. The summed E-state index contributed by atoms with van der Waals surface area (Å²) in [5.74, 6) is 1.43. The van der Waals surface area contributed by atoms with Gasteiger partial charge in [-0.1, -0.05) is 11.6 Å². The molecule has 0 aromatic heterocycles. The molecule has 1 aromatic rings. The Labute approximate surface area is 118 Å². The zero-order valence-electron chi connectivity index (χ0n) is 10.8. The SMILES string of the molecule is Clc1cc(CNC2CCOC2)cc2c1OCCCO2. The summed E-state index contributed by atoms with van der Waals surface area (Å²) in [5.41, 5.74) is 1.11. The largest absolute Gasteiger partial charge is 0.489 e. The minimum Gasteiger partial charge on any atom is -0.489 e. The van der Waals surface area contributed by atoms with Crippen LogP contribution in [0.25, 0.3) is 0 Å². The van der Waals surface area contributed by atoms with Gasteiger partial charge in [0, 0.05) is 25.6 Å². The lowest BCUT2D eigenvalue weighted by Gasteiger charge is -2.14. The van der Waals surface area contributed by atoms with E-state index in [2.05, 4.69) is 5.32 Å². The average molecular weight is 284 g/mol. The molecule has 0 bridgehead atoms. The van der Waals surface area contributed by atoms with Crippen LogP contribution in [0.3, 0.4) is 0 Å². The van der Waals surface area contributed by atoms with Crippen LogP contribution in [0.5, 0.6) is 11.5 Å². The van der Waals surface area contributed by atoms with Gasteiger partial charge in [-0.15, -0.1) is 0 Å². The topological polar surface area (TPSA) is 39.7 Å². The van der Waals surface area contributed by atoms with Gasteiger partial charge in [0.15, 0.2) is 11.5 Å². The standard InChI is InChI=1S/C14H18ClNO3/c15-12-6-10(8-16-11-2-5-17-9-11)7-13-14(12)19-4-1-3-18-13/h6-7,11,16H,1-5,8-9H2. The molecule has 5 heteroatoms. The van der Waals surface area contributed by atoms with E-state index in [1.54, 1.807) is 0 Å². The zero-order valence-corrected chi connectivity index (χ0v) is 11.5. The molecule has 3 rings (SSSR count). The van der Waals surface area contributed by atoms with Gasteiger partial charge in [0.2, 0.25) is 0 Å². The van der Waals surface area contributed by atoms with Gasteiger partial charge >= 0.3 is 0 Å². The molecule has 19 heavy (non-hydrogen) atoms. The monoisotopic (exact) mass is 283 g/mol. The van der Waals surface area contributed by atoms with Gasteiger partial charge in [0.25, 0.3) is 0 Å². The fourth-order valence-corrected chi connectivity index (χ4v) is 2.63. The van der Waals surface area contributed by atoms with Crippen molar-refractivity contribution in [2.75, 3.05) is 26.4 Å². The number of benzene rings is 1. The number of hydrogen-bond donors (Lipinski definition) is 1. The van der Waals surface area contributed by atoms with Gasteiger partial charge in [0.1, 0.15) is 0 Å². The highest BCUT2D eigenvalue weighted by Gasteiger charge is 2.17. The van der Waals surface area contributed by atoms with E-state index in [1.807, 2.05) is 12.1 Å². The van der Waals surface area contributed by atoms with Crippen LogP contribution in [-0.4, -0.2) is 32.5 Å². The molecule has 1 N–H and O–H groups in total. The van der Waals surface area contributed by atoms with Gasteiger partial charge < -0.3 is 19.5 Å². The third-order valence-electron chi connectivity index (χ3n) is 3.39. The highest BCUT2D eigenvalue weighted by molar-refractivity contribution is 6.32. The van der Waals surface area contributed by atoms with Crippen molar-refractivity contribution in [2.24, 2.45) is 0 Å². The van der Waals surface area contributed by atoms with Crippen LogP contribution in [0.4, 0.5) is 0 Å². The maximum absolute atomic E-state index is 6.26. The molecule has 1 saturated heterocycles. The fourth-order valence-electron chi connectivity index (χ4n) is 2.34. The maximum Gasteiger partial charge on any atom is 0.179 e. The second-order valence-corrected chi connectivity index (χ2v) is 5.30. The van der Waals surface area contributed by atoms with Crippen molar-refractivity contribution in [1.29, 1.82) is 0 Å². The summed E-state index contributed by atoms with van der Waals surface area (Å²) in [4.78, 5) is 0. The highest BCUT2D eigenvalue weighted by Crippen LogP contribution is 2.37. The number of hydrogen-bond acceptors (Lipinski definition) is 4. The number of fused-ring (bicyclic) bond motifs is 1. The van der Waals surface area contributed by atoms with E-state index in [4.69, 9.17) is 25.8 Å². The lowest BCUT2D eigenvalue weighted by atomic mass is 10.1. The second-order valence-electron chi connectivity index (χ2n) is 4.90. The van der Waals surface area contributed by atoms with E-state index in [1.165, 1.54) is 0 Å². The highest BCUT2D eigenvalue weighted by atomic mass is 35.5. The van der Waals surface area contributed by atoms with Crippen LogP contribution in [0.15, 0.2) is 12.1 Å². The first-order valence-electron chi connectivity index (χ1n) is 6.72. The Morgan fingerprint density at radius 3 is 2.95 bits per heavy atom. The Morgan fingerprint density at radius 2 is 2.11 bits per heavy atom. The van der Waals surface area contributed by atoms with Gasteiger partial charge in [-0.05, 0) is 24.1 Å². The van der Waals surface area contributed by atoms with Gasteiger partial charge in [-0.2, -0.15) is 0 Å². The van der Waals surface area contributed by atoms with E-state index in [0.717, 1.165) is 43.9 Å². The van der Waals surface area contributed by atoms with E-state index in [9.17, 15) is 0 Å². The molecule has 0 amide bonds. The Hall–Kier alpha value is -0.970. The molecule has 4 nitrogen and oxygen atoms in total. The van der Waals surface area contributed by atoms with E-state index >= 15 is 0 Å². The van der Waals surface area contributed by atoms with Gasteiger partial charge in [0.05, 0.1) is 24.8 Å². The Bertz CT molecular complexity index is 447. The smallest absolute Gasteiger partial charge is 0.179 e. The molecule has 0 radical (unpaired) electrons. The first kappa shape index (κ1) is 13.0. The lowest BCUT2D eigenvalue weighted by molar-refractivity contribution is 0.190. The molecule has 1 aromatic carbocycles. The van der Waals surface area contributed by atoms with Crippen LogP contribution < -0.4 is 14.8 Å². The molecular formula is C14H18ClNO3. The van der Waals surface area contributed by atoms with Crippen LogP contribution >= 0.6 is 11.6 Å². The summed E-state index contributed by atoms with van der Waals surface area (Å²) in [5, 5.41) is 4.09. The summed E-state index contributed by atoms with van der Waals surface area (Å²) in [7, 11) is 0. The van der Waals surface area contributed by atoms with Crippen molar-refractivity contribution in [3.05, 3.63) is 22.7 Å². The molecule has 1 atom stereocenters. The third-order valence-corrected chi connectivity index (χ3v) is 3.67. The fraction of sp³-hybridized carbons (Fsp3) is 0.571. The number of halogens is 1. The van der Waals surface area contributed by atoms with Gasteiger partial charge in [-0.25, -0.2) is 0 Å². The molecule has 104 valence electrons. The zero-order chi connectivity index (χ0) is 13.1. The first-order chi connectivity index (χ1) is 9.33. The van der Waals surface area contributed by atoms with Crippen LogP contribution in [-0.2, 0) is 11.3 Å². The summed E-state index contributed by atoms with van der Waals surface area (Å²) in [6, 6.07) is 4.39. The van der Waals surface area contributed by atoms with Crippen LogP contribution in [0, 0.1) is 0 Å². The molecule has 0 aliphatic carbocycles. The molecule has 2 heterocycles. The molecule has 2 aliphatic heterocycles. The number of ether oxygens (including phenoxy) is 3. The Morgan fingerprint density at radius 1 is 1.21 bits per heavy atom. The van der Waals surface area contributed by atoms with Crippen molar-refractivity contribution >= 4 is 11.6 Å². The summed E-state index contributed by atoms with van der Waals surface area (Å²) >= 11 is 6.26. The molecule has 0 saturated carbocycles. The van der Waals surface area contributed by atoms with Crippen LogP contribution in [0.1, 0.15) is 18.4 Å². The van der Waals surface area contributed by atoms with E-state index in [-0.39, 0.29) is 0 Å². The van der Waals surface area contributed by atoms with E-state index < -0.39 is 0 Å². The normalized spacial score (nSPS) is 22.3. The number of rotatable bonds is 3. The van der Waals surface area contributed by atoms with Crippen molar-refractivity contribution in [3.63, 3.8) is 0 Å². The minimum atomic E-state index is 0.440. The lowest BCUT2D eigenvalue weighted by Crippen LogP contribution is -2.28. The quantitative estimate of drug-likeness (QED) is 0.925. The van der Waals surface area contributed by atoms with Crippen molar-refractivity contribution in [1.82, 2.24) is 5.32 Å². The van der Waals surface area contributed by atoms with E-state index in [0.29, 0.717) is 30.0 Å². The Kier molecular flexibility index (Phi) is 4.11. The second kappa shape index (κ2) is 5.99. The maximum atomic E-state index is 6.26. The summed E-state index contributed by atoms with van der Waals surface area (Å²) in [6.45, 7) is 3.74. The minimum absolute atomic E-state index is 0.440. The van der Waals surface area contributed by atoms with Crippen molar-refractivity contribution in [2.45, 2.75) is 25.4 Å². The third kappa shape index (κ3) is 3.14. The molecule has 0 spiro atoms. The van der Waals surface area contributed by atoms with Crippen LogP contribution in [0.2, 0.25) is 5.02 Å². The number of nitrogens with one attached hydrogen (secondary N) is 1. The van der Waals surface area contributed by atoms with Gasteiger partial charge in [-0.3, -0.25) is 0 Å². The predicted molar refractivity (Wildman–Crippen MR) is 73.1 cm³/mol. The molecular weight excluding hydrogens is 266 g/mol. The summed E-state index contributed by atoms with van der Waals surface area (Å²) in [6.07, 6.45) is 1.95. The van der Waals surface area contributed by atoms with Crippen molar-refractivity contribution in [3.8, 4) is 11.5 Å². The summed E-state index contributed by atoms with van der Waals surface area (Å²) < 4.78 is 16.6. The molecule has 2 aliphatic rings. The average Bonchev–Trinajstić information content (AvgIpc) is 2.81. The first-order valence-corrected chi connectivity index (χ1v) is 7.10. The predicted octanol–water partition coefficient (Wildman–Crippen LogP) is 2.38. The molecule has 1 unspecified atom stereocenters. The van der Waals surface area contributed by atoms with Crippen molar-refractivity contribution < 1.29 is 14.2 Å². The molecule has 1 fully saturated rings.